The van der Waals surface area contributed by atoms with Crippen LogP contribution in [0.15, 0.2) is 49.2 Å². The maximum absolute atomic E-state index is 14.2. The number of hydrogen-bond acceptors (Lipinski definition) is 5. The van der Waals surface area contributed by atoms with Crippen molar-refractivity contribution in [2.24, 2.45) is 22.7 Å². The van der Waals surface area contributed by atoms with E-state index in [0.29, 0.717) is 24.7 Å². The Kier molecular flexibility index (Phi) is 4.95. The van der Waals surface area contributed by atoms with Gasteiger partial charge in [0.25, 0.3) is 5.91 Å². The van der Waals surface area contributed by atoms with Gasteiger partial charge in [0.15, 0.2) is 5.60 Å². The second kappa shape index (κ2) is 7.63. The van der Waals surface area contributed by atoms with Gasteiger partial charge in [-0.05, 0) is 68.7 Å². The minimum atomic E-state index is -1.13. The summed E-state index contributed by atoms with van der Waals surface area (Å²) in [7, 11) is 0. The highest BCUT2D eigenvalue weighted by atomic mass is 16.6. The molecule has 7 rings (SSSR count). The third kappa shape index (κ3) is 2.95. The molecule has 1 aliphatic carbocycles. The lowest BCUT2D eigenvalue weighted by Gasteiger charge is -2.52. The lowest BCUT2D eigenvalue weighted by Crippen LogP contribution is -2.60. The number of fused-ring (bicyclic) bond motifs is 6. The quantitative estimate of drug-likeness (QED) is 0.515. The molecule has 5 aliphatic rings. The fourth-order valence-electron chi connectivity index (χ4n) is 7.50. The first kappa shape index (κ1) is 22.7. The van der Waals surface area contributed by atoms with Gasteiger partial charge < -0.3 is 10.1 Å². The SMILES string of the molecule is C=C[C@H]1CN2CC[C@H]1C[C@@H]2[C@@H](NC(=O)[C@@]12CC[C@@](C)(C(=O)O1)C2(C)C)c1ccnc2ccccc12. The van der Waals surface area contributed by atoms with E-state index in [1.54, 1.807) is 0 Å². The summed E-state index contributed by atoms with van der Waals surface area (Å²) >= 11 is 0. The number of hydrogen-bond donors (Lipinski definition) is 1. The first-order valence-corrected chi connectivity index (χ1v) is 13.0. The number of ether oxygens (including phenoxy) is 1. The highest BCUT2D eigenvalue weighted by molar-refractivity contribution is 5.96. The lowest BCUT2D eigenvalue weighted by atomic mass is 9.66. The molecule has 0 spiro atoms. The lowest BCUT2D eigenvalue weighted by molar-refractivity contribution is -0.169. The second-order valence-corrected chi connectivity index (χ2v) is 11.8. The number of rotatable bonds is 5. The molecule has 2 aromatic rings. The minimum Gasteiger partial charge on any atom is -0.448 e. The average Bonchev–Trinajstić information content (AvgIpc) is 3.17. The zero-order valence-electron chi connectivity index (χ0n) is 20.9. The summed E-state index contributed by atoms with van der Waals surface area (Å²) in [5.74, 6) is 0.660. The molecule has 0 radical (unpaired) electrons. The number of nitrogens with one attached hydrogen (secondary N) is 1. The number of aromatic nitrogens is 1. The Labute approximate surface area is 207 Å². The van der Waals surface area contributed by atoms with Gasteiger partial charge in [0, 0.05) is 29.6 Å². The van der Waals surface area contributed by atoms with Gasteiger partial charge in [0.2, 0.25) is 0 Å². The summed E-state index contributed by atoms with van der Waals surface area (Å²) in [6.07, 6.45) is 7.34. The third-order valence-electron chi connectivity index (χ3n) is 10.3. The van der Waals surface area contributed by atoms with Crippen LogP contribution in [-0.4, -0.2) is 46.5 Å². The van der Waals surface area contributed by atoms with Crippen LogP contribution in [-0.2, 0) is 14.3 Å². The van der Waals surface area contributed by atoms with Crippen molar-refractivity contribution >= 4 is 22.8 Å². The number of pyridine rings is 1. The van der Waals surface area contributed by atoms with Crippen LogP contribution in [0.25, 0.3) is 10.9 Å². The molecule has 1 N–H and O–H groups in total. The Hall–Kier alpha value is -2.73. The van der Waals surface area contributed by atoms with Gasteiger partial charge in [-0.3, -0.25) is 19.5 Å². The standard InChI is InChI=1S/C29H35N3O3/c1-5-18-17-32-15-11-19(18)16-23(32)24(21-10-14-30-22-9-7-6-8-20(21)22)31-25(33)29-13-12-28(4,26(34)35-29)27(29,2)3/h5-10,14,18-19,23-24H,1,11-13,15-17H2,2-4H3,(H,31,33)/t18-,19-,23+,24-,28-,29+/m0/s1. The molecule has 6 heteroatoms. The second-order valence-electron chi connectivity index (χ2n) is 11.8. The molecule has 7 atom stereocenters. The van der Waals surface area contributed by atoms with E-state index >= 15 is 0 Å². The molecule has 5 heterocycles. The molecule has 4 saturated heterocycles. The molecule has 1 saturated carbocycles. The first-order chi connectivity index (χ1) is 16.7. The summed E-state index contributed by atoms with van der Waals surface area (Å²) in [5, 5.41) is 4.51. The number of benzene rings is 1. The summed E-state index contributed by atoms with van der Waals surface area (Å²) in [4.78, 5) is 34.1. The van der Waals surface area contributed by atoms with Gasteiger partial charge in [0.05, 0.1) is 17.0 Å². The fraction of sp³-hybridized carbons (Fsp3) is 0.552. The average molecular weight is 474 g/mol. The molecule has 5 fully saturated rings. The van der Waals surface area contributed by atoms with E-state index in [2.05, 4.69) is 33.9 Å². The van der Waals surface area contributed by atoms with Crippen molar-refractivity contribution in [2.75, 3.05) is 13.1 Å². The molecule has 4 bridgehead atoms. The van der Waals surface area contributed by atoms with Crippen LogP contribution < -0.4 is 5.32 Å². The van der Waals surface area contributed by atoms with Crippen LogP contribution in [0.4, 0.5) is 0 Å². The summed E-state index contributed by atoms with van der Waals surface area (Å²) in [6.45, 7) is 12.1. The van der Waals surface area contributed by atoms with Crippen LogP contribution >= 0.6 is 0 Å². The van der Waals surface area contributed by atoms with Gasteiger partial charge in [-0.1, -0.05) is 38.1 Å². The van der Waals surface area contributed by atoms with Crippen LogP contribution in [0.3, 0.4) is 0 Å². The van der Waals surface area contributed by atoms with Crippen molar-refractivity contribution in [3.05, 3.63) is 54.7 Å². The van der Waals surface area contributed by atoms with Crippen LogP contribution in [0.1, 0.15) is 58.1 Å². The van der Waals surface area contributed by atoms with Crippen molar-refractivity contribution in [1.82, 2.24) is 15.2 Å². The van der Waals surface area contributed by atoms with E-state index in [-0.39, 0.29) is 24.0 Å². The van der Waals surface area contributed by atoms with Crippen LogP contribution in [0.2, 0.25) is 0 Å². The maximum atomic E-state index is 14.2. The minimum absolute atomic E-state index is 0.161. The normalized spacial score (nSPS) is 37.7. The third-order valence-corrected chi connectivity index (χ3v) is 10.3. The molecule has 6 nitrogen and oxygen atoms in total. The number of esters is 1. The van der Waals surface area contributed by atoms with E-state index < -0.39 is 16.4 Å². The topological polar surface area (TPSA) is 71.5 Å². The smallest absolute Gasteiger partial charge is 0.313 e. The number of para-hydroxylation sites is 1. The zero-order valence-corrected chi connectivity index (χ0v) is 20.9. The van der Waals surface area contributed by atoms with Gasteiger partial charge in [-0.25, -0.2) is 0 Å². The Balaban J connectivity index is 1.41. The van der Waals surface area contributed by atoms with Crippen molar-refractivity contribution in [3.63, 3.8) is 0 Å². The molecule has 35 heavy (non-hydrogen) atoms. The highest BCUT2D eigenvalue weighted by Gasteiger charge is 2.75. The van der Waals surface area contributed by atoms with Crippen molar-refractivity contribution < 1.29 is 14.3 Å². The predicted molar refractivity (Wildman–Crippen MR) is 134 cm³/mol. The van der Waals surface area contributed by atoms with Gasteiger partial charge in [0.1, 0.15) is 0 Å². The number of piperidine rings is 3. The Morgan fingerprint density at radius 2 is 2.06 bits per heavy atom. The molecular formula is C29H35N3O3. The molecular weight excluding hydrogens is 438 g/mol. The Bertz CT molecular complexity index is 1220. The van der Waals surface area contributed by atoms with Gasteiger partial charge in [-0.15, -0.1) is 6.58 Å². The molecule has 1 amide bonds. The van der Waals surface area contributed by atoms with Gasteiger partial charge >= 0.3 is 5.97 Å². The van der Waals surface area contributed by atoms with Gasteiger partial charge in [-0.2, -0.15) is 0 Å². The van der Waals surface area contributed by atoms with Crippen LogP contribution in [0.5, 0.6) is 0 Å². The largest absolute Gasteiger partial charge is 0.448 e. The van der Waals surface area contributed by atoms with E-state index in [0.717, 1.165) is 42.4 Å². The van der Waals surface area contributed by atoms with E-state index in [4.69, 9.17) is 4.74 Å². The summed E-state index contributed by atoms with van der Waals surface area (Å²) in [6, 6.07) is 10.1. The Morgan fingerprint density at radius 1 is 1.26 bits per heavy atom. The zero-order chi connectivity index (χ0) is 24.6. The fourth-order valence-corrected chi connectivity index (χ4v) is 7.50. The Morgan fingerprint density at radius 3 is 2.71 bits per heavy atom. The molecule has 1 aromatic heterocycles. The highest BCUT2D eigenvalue weighted by Crippen LogP contribution is 2.65. The molecule has 184 valence electrons. The van der Waals surface area contributed by atoms with E-state index in [1.165, 1.54) is 0 Å². The van der Waals surface area contributed by atoms with E-state index in [1.807, 2.05) is 51.2 Å². The maximum Gasteiger partial charge on any atom is 0.313 e. The van der Waals surface area contributed by atoms with E-state index in [9.17, 15) is 9.59 Å². The molecule has 1 aromatic carbocycles. The molecule has 4 aliphatic heterocycles. The number of nitrogens with zero attached hydrogens (tertiary/aromatic N) is 2. The predicted octanol–water partition coefficient (Wildman–Crippen LogP) is 4.41. The monoisotopic (exact) mass is 473 g/mol. The number of carbonyl (C=O) groups excluding carboxylic acids is 2. The van der Waals surface area contributed by atoms with Crippen molar-refractivity contribution in [3.8, 4) is 0 Å². The molecule has 1 unspecified atom stereocenters. The van der Waals surface area contributed by atoms with Crippen LogP contribution in [0, 0.1) is 22.7 Å². The van der Waals surface area contributed by atoms with Crippen molar-refractivity contribution in [2.45, 2.75) is 64.1 Å². The number of carbonyl (C=O) groups is 2. The van der Waals surface area contributed by atoms with Crippen molar-refractivity contribution in [1.29, 1.82) is 0 Å². The summed E-state index contributed by atoms with van der Waals surface area (Å²) < 4.78 is 5.95. The number of amides is 1. The summed E-state index contributed by atoms with van der Waals surface area (Å²) in [5.41, 5.74) is -0.342. The first-order valence-electron chi connectivity index (χ1n) is 13.0.